The number of halogens is 2. The van der Waals surface area contributed by atoms with Gasteiger partial charge in [-0.15, -0.1) is 0 Å². The lowest BCUT2D eigenvalue weighted by atomic mass is 10.1. The Kier molecular flexibility index (Phi) is 8.24. The minimum atomic E-state index is -4.39. The highest BCUT2D eigenvalue weighted by Crippen LogP contribution is 2.40. The molecule has 0 aliphatic carbocycles. The van der Waals surface area contributed by atoms with E-state index in [2.05, 4.69) is 33.8 Å². The molecule has 0 bridgehead atoms. The van der Waals surface area contributed by atoms with Gasteiger partial charge in [0.1, 0.15) is 16.5 Å². The molecule has 2 aromatic carbocycles. The molecule has 0 amide bonds. The van der Waals surface area contributed by atoms with Crippen molar-refractivity contribution in [1.29, 1.82) is 0 Å². The number of benzene rings is 2. The molecule has 2 N–H and O–H groups in total. The average Bonchev–Trinajstić information content (AvgIpc) is 3.40. The first-order valence-electron chi connectivity index (χ1n) is 12.7. The first kappa shape index (κ1) is 27.9. The van der Waals surface area contributed by atoms with E-state index in [1.807, 2.05) is 0 Å². The van der Waals surface area contributed by atoms with E-state index in [9.17, 15) is 17.2 Å². The van der Waals surface area contributed by atoms with Crippen LogP contribution in [-0.4, -0.2) is 56.2 Å². The second-order valence-electron chi connectivity index (χ2n) is 9.57. The van der Waals surface area contributed by atoms with Crippen LogP contribution in [-0.2, 0) is 14.8 Å². The van der Waals surface area contributed by atoms with Gasteiger partial charge in [0.2, 0.25) is 5.95 Å². The lowest BCUT2D eigenvalue weighted by Crippen LogP contribution is -2.36. The second kappa shape index (κ2) is 11.8. The monoisotopic (exact) mass is 586 g/mol. The quantitative estimate of drug-likeness (QED) is 0.274. The minimum absolute atomic E-state index is 0.176. The van der Waals surface area contributed by atoms with Gasteiger partial charge in [-0.3, -0.25) is 4.72 Å². The molecular weight excluding hydrogens is 558 g/mol. The van der Waals surface area contributed by atoms with E-state index in [0.29, 0.717) is 67.7 Å². The van der Waals surface area contributed by atoms with Crippen LogP contribution in [0.1, 0.15) is 13.8 Å². The normalized spacial score (nSPS) is 14.0. The molecule has 13 heteroatoms. The summed E-state index contributed by atoms with van der Waals surface area (Å²) in [4.78, 5) is 16.1. The third-order valence-electron chi connectivity index (χ3n) is 6.03. The summed E-state index contributed by atoms with van der Waals surface area (Å²) in [5.41, 5.74) is 2.08. The van der Waals surface area contributed by atoms with Crippen molar-refractivity contribution in [1.82, 2.24) is 15.0 Å². The fourth-order valence-electron chi connectivity index (χ4n) is 4.06. The van der Waals surface area contributed by atoms with Gasteiger partial charge in [-0.1, -0.05) is 37.3 Å². The van der Waals surface area contributed by atoms with Crippen molar-refractivity contribution in [2.24, 2.45) is 5.92 Å². The van der Waals surface area contributed by atoms with Crippen LogP contribution in [0.25, 0.3) is 21.8 Å². The molecule has 0 atom stereocenters. The summed E-state index contributed by atoms with van der Waals surface area (Å²) >= 11 is 1.48. The third-order valence-corrected chi connectivity index (χ3v) is 8.56. The molecule has 210 valence electrons. The Morgan fingerprint density at radius 3 is 2.65 bits per heavy atom. The molecule has 3 heterocycles. The Hall–Kier alpha value is -3.68. The van der Waals surface area contributed by atoms with Gasteiger partial charge in [0, 0.05) is 37.1 Å². The number of ether oxygens (including phenoxy) is 1. The van der Waals surface area contributed by atoms with Crippen molar-refractivity contribution in [3.8, 4) is 21.8 Å². The van der Waals surface area contributed by atoms with Crippen LogP contribution >= 0.6 is 11.3 Å². The van der Waals surface area contributed by atoms with Gasteiger partial charge in [0.05, 0.1) is 29.5 Å². The Bertz CT molecular complexity index is 1610. The summed E-state index contributed by atoms with van der Waals surface area (Å²) in [7, 11) is -4.39. The lowest BCUT2D eigenvalue weighted by Gasteiger charge is -2.26. The van der Waals surface area contributed by atoms with Crippen molar-refractivity contribution < 1.29 is 21.9 Å². The van der Waals surface area contributed by atoms with E-state index in [0.717, 1.165) is 22.1 Å². The second-order valence-corrected chi connectivity index (χ2v) is 12.2. The van der Waals surface area contributed by atoms with Crippen LogP contribution in [0.4, 0.5) is 25.5 Å². The van der Waals surface area contributed by atoms with Gasteiger partial charge in [-0.2, -0.15) is 0 Å². The highest BCUT2D eigenvalue weighted by atomic mass is 32.2. The molecule has 4 aromatic rings. The first-order valence-corrected chi connectivity index (χ1v) is 15.0. The highest BCUT2D eigenvalue weighted by Gasteiger charge is 2.23. The van der Waals surface area contributed by atoms with Crippen LogP contribution in [0.2, 0.25) is 0 Å². The van der Waals surface area contributed by atoms with Crippen molar-refractivity contribution in [2.45, 2.75) is 18.7 Å². The number of anilines is 3. The number of sulfonamides is 1. The van der Waals surface area contributed by atoms with Gasteiger partial charge >= 0.3 is 0 Å². The summed E-state index contributed by atoms with van der Waals surface area (Å²) in [6.07, 6.45) is 1.68. The van der Waals surface area contributed by atoms with E-state index < -0.39 is 26.6 Å². The molecule has 5 rings (SSSR count). The molecule has 1 aliphatic heterocycles. The highest BCUT2D eigenvalue weighted by molar-refractivity contribution is 7.92. The summed E-state index contributed by atoms with van der Waals surface area (Å²) in [6.45, 7) is 7.47. The van der Waals surface area contributed by atoms with Gasteiger partial charge in [-0.25, -0.2) is 32.2 Å². The number of aromatic nitrogens is 3. The van der Waals surface area contributed by atoms with Crippen LogP contribution in [0.15, 0.2) is 59.6 Å². The molecule has 2 aromatic heterocycles. The van der Waals surface area contributed by atoms with E-state index >= 15 is 0 Å². The van der Waals surface area contributed by atoms with E-state index in [-0.39, 0.29) is 5.69 Å². The zero-order chi connectivity index (χ0) is 28.3. The molecule has 40 heavy (non-hydrogen) atoms. The third kappa shape index (κ3) is 6.37. The molecule has 0 spiro atoms. The van der Waals surface area contributed by atoms with Crippen molar-refractivity contribution in [2.75, 3.05) is 47.8 Å². The largest absolute Gasteiger partial charge is 0.378 e. The predicted molar refractivity (Wildman–Crippen MR) is 152 cm³/mol. The molecule has 0 unspecified atom stereocenters. The smallest absolute Gasteiger partial charge is 0.264 e. The van der Waals surface area contributed by atoms with Crippen LogP contribution in [0.3, 0.4) is 0 Å². The van der Waals surface area contributed by atoms with Crippen molar-refractivity contribution >= 4 is 38.1 Å². The maximum atomic E-state index is 14.2. The van der Waals surface area contributed by atoms with Gasteiger partial charge in [-0.05, 0) is 42.3 Å². The number of nitrogens with one attached hydrogen (secondary N) is 2. The number of rotatable bonds is 9. The Balaban J connectivity index is 1.53. The van der Waals surface area contributed by atoms with Crippen molar-refractivity contribution in [3.05, 3.63) is 66.4 Å². The van der Waals surface area contributed by atoms with Crippen molar-refractivity contribution in [3.63, 3.8) is 0 Å². The van der Waals surface area contributed by atoms with E-state index in [4.69, 9.17) is 14.7 Å². The number of hydrogen-bond donors (Lipinski definition) is 2. The van der Waals surface area contributed by atoms with Crippen LogP contribution < -0.4 is 14.9 Å². The lowest BCUT2D eigenvalue weighted by molar-refractivity contribution is 0.122. The fourth-order valence-corrected chi connectivity index (χ4v) is 6.31. The summed E-state index contributed by atoms with van der Waals surface area (Å²) in [6, 6.07) is 10.7. The van der Waals surface area contributed by atoms with Crippen LogP contribution in [0.5, 0.6) is 0 Å². The minimum Gasteiger partial charge on any atom is -0.378 e. The predicted octanol–water partition coefficient (Wildman–Crippen LogP) is 5.25. The molecule has 9 nitrogen and oxygen atoms in total. The van der Waals surface area contributed by atoms with E-state index in [1.165, 1.54) is 17.4 Å². The maximum absolute atomic E-state index is 14.2. The molecule has 1 aliphatic rings. The molecule has 0 saturated carbocycles. The van der Waals surface area contributed by atoms with Crippen LogP contribution in [0, 0.1) is 17.6 Å². The number of hydrogen-bond acceptors (Lipinski definition) is 9. The van der Waals surface area contributed by atoms with Gasteiger partial charge < -0.3 is 15.0 Å². The topological polar surface area (TPSA) is 109 Å². The van der Waals surface area contributed by atoms with Gasteiger partial charge in [0.15, 0.2) is 5.13 Å². The zero-order valence-corrected chi connectivity index (χ0v) is 23.5. The number of thiazole rings is 1. The Morgan fingerprint density at radius 2 is 1.88 bits per heavy atom. The maximum Gasteiger partial charge on any atom is 0.264 e. The summed E-state index contributed by atoms with van der Waals surface area (Å²) < 4.78 is 61.6. The first-order chi connectivity index (χ1) is 19.2. The summed E-state index contributed by atoms with van der Waals surface area (Å²) in [5, 5.41) is 4.03. The molecule has 1 fully saturated rings. The number of nitrogens with zero attached hydrogens (tertiary/aromatic N) is 4. The molecular formula is C27H28F2N6O3S2. The van der Waals surface area contributed by atoms with E-state index in [1.54, 1.807) is 30.5 Å². The summed E-state index contributed by atoms with van der Waals surface area (Å²) in [5.74, 6) is -0.998. The SMILES string of the molecule is CC(C)CNc1nccc(-c2sc(N3CCOCC3)nc2-c2cccc(NS(=O)(=O)c3cc(F)ccc3F)c2)n1. The fraction of sp³-hybridized carbons (Fsp3) is 0.296. The average molecular weight is 587 g/mol. The Labute approximate surface area is 235 Å². The number of morpholine rings is 1. The van der Waals surface area contributed by atoms with Gasteiger partial charge in [0.25, 0.3) is 10.0 Å². The molecule has 0 radical (unpaired) electrons. The Morgan fingerprint density at radius 1 is 1.07 bits per heavy atom. The zero-order valence-electron chi connectivity index (χ0n) is 21.9. The molecule has 1 saturated heterocycles. The standard InChI is InChI=1S/C27H28F2N6O3S2/c1-17(2)16-31-26-30-9-8-22(32-26)25-24(33-27(39-25)35-10-12-38-13-11-35)18-4-3-5-20(14-18)34-40(36,37)23-15-19(28)6-7-21(23)29/h3-9,14-15,17,34H,10-13,16H2,1-2H3,(H,30,31,32).